The van der Waals surface area contributed by atoms with Crippen LogP contribution in [0.15, 0.2) is 18.2 Å². The number of hydrogen-bond donors (Lipinski definition) is 1. The first-order valence-electron chi connectivity index (χ1n) is 5.10. The van der Waals surface area contributed by atoms with Crippen LogP contribution in [0, 0.1) is 5.92 Å². The SMILES string of the molecule is COC(=O)[C@@H]1CCc2cccc(O)c2C1. The van der Waals surface area contributed by atoms with Crippen molar-refractivity contribution in [2.75, 3.05) is 7.11 Å². The van der Waals surface area contributed by atoms with E-state index < -0.39 is 0 Å². The van der Waals surface area contributed by atoms with E-state index in [-0.39, 0.29) is 11.9 Å². The van der Waals surface area contributed by atoms with Gasteiger partial charge in [-0.05, 0) is 36.5 Å². The number of aromatic hydroxyl groups is 1. The molecule has 0 amide bonds. The Hall–Kier alpha value is -1.51. The van der Waals surface area contributed by atoms with E-state index in [0.29, 0.717) is 12.2 Å². The molecule has 0 spiro atoms. The predicted octanol–water partition coefficient (Wildman–Crippen LogP) is 1.67. The van der Waals surface area contributed by atoms with Crippen LogP contribution >= 0.6 is 0 Å². The molecule has 80 valence electrons. The first kappa shape index (κ1) is 10.0. The normalized spacial score (nSPS) is 19.4. The number of rotatable bonds is 1. The van der Waals surface area contributed by atoms with Crippen molar-refractivity contribution in [3.05, 3.63) is 29.3 Å². The van der Waals surface area contributed by atoms with Gasteiger partial charge in [-0.15, -0.1) is 0 Å². The summed E-state index contributed by atoms with van der Waals surface area (Å²) in [7, 11) is 1.41. The molecule has 1 aromatic rings. The van der Waals surface area contributed by atoms with Gasteiger partial charge in [0.25, 0.3) is 0 Å². The first-order valence-corrected chi connectivity index (χ1v) is 5.10. The summed E-state index contributed by atoms with van der Waals surface area (Å²) in [6.45, 7) is 0. The van der Waals surface area contributed by atoms with Crippen LogP contribution in [0.5, 0.6) is 5.75 Å². The molecule has 0 heterocycles. The minimum Gasteiger partial charge on any atom is -0.508 e. The molecule has 0 fully saturated rings. The lowest BCUT2D eigenvalue weighted by atomic mass is 9.83. The van der Waals surface area contributed by atoms with Gasteiger partial charge in [0.05, 0.1) is 13.0 Å². The highest BCUT2D eigenvalue weighted by Gasteiger charge is 2.26. The maximum Gasteiger partial charge on any atom is 0.309 e. The molecule has 0 unspecified atom stereocenters. The van der Waals surface area contributed by atoms with Crippen LogP contribution in [0.4, 0.5) is 0 Å². The second-order valence-electron chi connectivity index (χ2n) is 3.88. The number of benzene rings is 1. The molecule has 1 N–H and O–H groups in total. The zero-order chi connectivity index (χ0) is 10.8. The zero-order valence-corrected chi connectivity index (χ0v) is 8.69. The monoisotopic (exact) mass is 206 g/mol. The van der Waals surface area contributed by atoms with Gasteiger partial charge in [-0.3, -0.25) is 4.79 Å². The molecule has 0 saturated heterocycles. The van der Waals surface area contributed by atoms with E-state index in [1.54, 1.807) is 6.07 Å². The summed E-state index contributed by atoms with van der Waals surface area (Å²) in [6, 6.07) is 5.51. The molecule has 0 aliphatic heterocycles. The minimum atomic E-state index is -0.177. The van der Waals surface area contributed by atoms with E-state index in [1.165, 1.54) is 7.11 Å². The van der Waals surface area contributed by atoms with Crippen molar-refractivity contribution in [1.82, 2.24) is 0 Å². The summed E-state index contributed by atoms with van der Waals surface area (Å²) < 4.78 is 4.72. The number of carbonyl (C=O) groups excluding carboxylic acids is 1. The molecule has 0 bridgehead atoms. The fourth-order valence-corrected chi connectivity index (χ4v) is 2.14. The fraction of sp³-hybridized carbons (Fsp3) is 0.417. The predicted molar refractivity (Wildman–Crippen MR) is 55.6 cm³/mol. The summed E-state index contributed by atoms with van der Waals surface area (Å²) in [5, 5.41) is 9.68. The molecule has 1 aliphatic rings. The zero-order valence-electron chi connectivity index (χ0n) is 8.69. The van der Waals surface area contributed by atoms with Crippen LogP contribution < -0.4 is 0 Å². The van der Waals surface area contributed by atoms with Crippen molar-refractivity contribution < 1.29 is 14.6 Å². The largest absolute Gasteiger partial charge is 0.508 e. The lowest BCUT2D eigenvalue weighted by Gasteiger charge is -2.23. The Labute approximate surface area is 88.7 Å². The molecule has 1 aliphatic carbocycles. The van der Waals surface area contributed by atoms with Crippen molar-refractivity contribution in [3.63, 3.8) is 0 Å². The number of hydrogen-bond acceptors (Lipinski definition) is 3. The van der Waals surface area contributed by atoms with Crippen molar-refractivity contribution >= 4 is 5.97 Å². The molecule has 3 heteroatoms. The number of phenolic OH excluding ortho intramolecular Hbond substituents is 1. The van der Waals surface area contributed by atoms with Gasteiger partial charge in [0.15, 0.2) is 0 Å². The number of ether oxygens (including phenoxy) is 1. The molecular formula is C12H14O3. The number of esters is 1. The van der Waals surface area contributed by atoms with E-state index in [1.807, 2.05) is 12.1 Å². The number of carbonyl (C=O) groups is 1. The third kappa shape index (κ3) is 1.82. The van der Waals surface area contributed by atoms with Crippen LogP contribution in [0.1, 0.15) is 17.5 Å². The fourth-order valence-electron chi connectivity index (χ4n) is 2.14. The van der Waals surface area contributed by atoms with E-state index in [4.69, 9.17) is 4.74 Å². The van der Waals surface area contributed by atoms with E-state index in [2.05, 4.69) is 0 Å². The summed E-state index contributed by atoms with van der Waals surface area (Å²) in [5.74, 6) is 0.0146. The van der Waals surface area contributed by atoms with Gasteiger partial charge in [-0.1, -0.05) is 12.1 Å². The van der Waals surface area contributed by atoms with Crippen molar-refractivity contribution in [3.8, 4) is 5.75 Å². The van der Waals surface area contributed by atoms with E-state index in [9.17, 15) is 9.90 Å². The summed E-state index contributed by atoms with van der Waals surface area (Å²) in [6.07, 6.45) is 2.24. The third-order valence-electron chi connectivity index (χ3n) is 3.00. The Morgan fingerprint density at radius 2 is 2.33 bits per heavy atom. The smallest absolute Gasteiger partial charge is 0.309 e. The highest BCUT2D eigenvalue weighted by molar-refractivity contribution is 5.73. The molecule has 3 nitrogen and oxygen atoms in total. The van der Waals surface area contributed by atoms with Gasteiger partial charge in [0.1, 0.15) is 5.75 Å². The summed E-state index contributed by atoms with van der Waals surface area (Å²) >= 11 is 0. The molecule has 15 heavy (non-hydrogen) atoms. The van der Waals surface area contributed by atoms with Crippen molar-refractivity contribution in [2.24, 2.45) is 5.92 Å². The van der Waals surface area contributed by atoms with Gasteiger partial charge < -0.3 is 9.84 Å². The first-order chi connectivity index (χ1) is 7.22. The topological polar surface area (TPSA) is 46.5 Å². The number of methoxy groups -OCH3 is 1. The standard InChI is InChI=1S/C12H14O3/c1-15-12(14)9-6-5-8-3-2-4-11(13)10(8)7-9/h2-4,9,13H,5-7H2,1H3/t9-/m1/s1. The quantitative estimate of drug-likeness (QED) is 0.711. The van der Waals surface area contributed by atoms with Crippen LogP contribution in [0.3, 0.4) is 0 Å². The molecule has 0 aromatic heterocycles. The number of aryl methyl sites for hydroxylation is 1. The van der Waals surface area contributed by atoms with Crippen LogP contribution in [-0.4, -0.2) is 18.2 Å². The average Bonchev–Trinajstić information content (AvgIpc) is 2.28. The van der Waals surface area contributed by atoms with Gasteiger partial charge in [0.2, 0.25) is 0 Å². The second kappa shape index (κ2) is 3.93. The van der Waals surface area contributed by atoms with Gasteiger partial charge in [-0.25, -0.2) is 0 Å². The lowest BCUT2D eigenvalue weighted by Crippen LogP contribution is -2.23. The van der Waals surface area contributed by atoms with E-state index in [0.717, 1.165) is 24.0 Å². The Morgan fingerprint density at radius 1 is 1.53 bits per heavy atom. The molecular weight excluding hydrogens is 192 g/mol. The van der Waals surface area contributed by atoms with Crippen LogP contribution in [0.2, 0.25) is 0 Å². The average molecular weight is 206 g/mol. The highest BCUT2D eigenvalue weighted by Crippen LogP contribution is 2.31. The number of phenols is 1. The van der Waals surface area contributed by atoms with Crippen molar-refractivity contribution in [2.45, 2.75) is 19.3 Å². The molecule has 1 atom stereocenters. The molecule has 0 saturated carbocycles. The molecule has 0 radical (unpaired) electrons. The minimum absolute atomic E-state index is 0.101. The van der Waals surface area contributed by atoms with E-state index >= 15 is 0 Å². The Balaban J connectivity index is 2.26. The maximum atomic E-state index is 11.4. The van der Waals surface area contributed by atoms with Crippen LogP contribution in [0.25, 0.3) is 0 Å². The summed E-state index contributed by atoms with van der Waals surface area (Å²) in [5.41, 5.74) is 2.05. The maximum absolute atomic E-state index is 11.4. The van der Waals surface area contributed by atoms with Crippen molar-refractivity contribution in [1.29, 1.82) is 0 Å². The third-order valence-corrected chi connectivity index (χ3v) is 3.00. The van der Waals surface area contributed by atoms with Gasteiger partial charge in [-0.2, -0.15) is 0 Å². The molecule has 2 rings (SSSR count). The summed E-state index contributed by atoms with van der Waals surface area (Å²) in [4.78, 5) is 11.4. The van der Waals surface area contributed by atoms with Gasteiger partial charge in [0, 0.05) is 0 Å². The highest BCUT2D eigenvalue weighted by atomic mass is 16.5. The lowest BCUT2D eigenvalue weighted by molar-refractivity contribution is -0.145. The Kier molecular flexibility index (Phi) is 2.62. The van der Waals surface area contributed by atoms with Crippen LogP contribution in [-0.2, 0) is 22.4 Å². The Bertz CT molecular complexity index is 384. The second-order valence-corrected chi connectivity index (χ2v) is 3.88. The molecule has 1 aromatic carbocycles. The number of fused-ring (bicyclic) bond motifs is 1. The van der Waals surface area contributed by atoms with Gasteiger partial charge >= 0.3 is 5.97 Å². The Morgan fingerprint density at radius 3 is 3.07 bits per heavy atom.